The van der Waals surface area contributed by atoms with Crippen molar-refractivity contribution in [3.8, 4) is 0 Å². The molecular formula is C12H11F3N2S. The first kappa shape index (κ1) is 11.8. The van der Waals surface area contributed by atoms with Crippen molar-refractivity contribution in [3.05, 3.63) is 23.8 Å². The Kier molecular flexibility index (Phi) is 2.69. The van der Waals surface area contributed by atoms with Crippen LogP contribution in [-0.2, 0) is 6.18 Å². The molecule has 6 heteroatoms. The number of hydrogen-bond donors (Lipinski definition) is 1. The molecule has 1 N–H and O–H groups in total. The zero-order chi connectivity index (χ0) is 12.8. The fraction of sp³-hybridized carbons (Fsp3) is 0.417. The van der Waals surface area contributed by atoms with Crippen LogP contribution in [0, 0.1) is 0 Å². The molecule has 1 aromatic heterocycles. The van der Waals surface area contributed by atoms with Gasteiger partial charge in [0.1, 0.15) is 0 Å². The molecule has 0 bridgehead atoms. The molecule has 0 atom stereocenters. The highest BCUT2D eigenvalue weighted by molar-refractivity contribution is 7.22. The van der Waals surface area contributed by atoms with E-state index in [-0.39, 0.29) is 0 Å². The molecule has 1 heterocycles. The van der Waals surface area contributed by atoms with E-state index < -0.39 is 11.7 Å². The second-order valence-electron chi connectivity index (χ2n) is 4.47. The Morgan fingerprint density at radius 3 is 2.67 bits per heavy atom. The lowest BCUT2D eigenvalue weighted by molar-refractivity contribution is -0.137. The minimum atomic E-state index is -4.31. The van der Waals surface area contributed by atoms with Gasteiger partial charge in [-0.15, -0.1) is 0 Å². The Bertz CT molecular complexity index is 572. The Balaban J connectivity index is 1.91. The van der Waals surface area contributed by atoms with E-state index in [9.17, 15) is 13.2 Å². The Labute approximate surface area is 106 Å². The molecule has 2 aromatic rings. The summed E-state index contributed by atoms with van der Waals surface area (Å²) in [6, 6.07) is 4.14. The van der Waals surface area contributed by atoms with E-state index in [1.54, 1.807) is 0 Å². The van der Waals surface area contributed by atoms with E-state index in [2.05, 4.69) is 10.3 Å². The maximum absolute atomic E-state index is 12.6. The smallest absolute Gasteiger partial charge is 0.359 e. The number of hydrogen-bond acceptors (Lipinski definition) is 3. The van der Waals surface area contributed by atoms with Crippen LogP contribution in [0.2, 0.25) is 0 Å². The summed E-state index contributed by atoms with van der Waals surface area (Å²) in [6.07, 6.45) is -0.867. The summed E-state index contributed by atoms with van der Waals surface area (Å²) in [5, 5.41) is 3.97. The first-order valence-electron chi connectivity index (χ1n) is 5.77. The Morgan fingerprint density at radius 2 is 2.06 bits per heavy atom. The van der Waals surface area contributed by atoms with Gasteiger partial charge in [-0.25, -0.2) is 4.98 Å². The lowest BCUT2D eigenvalue weighted by Gasteiger charge is -2.25. The van der Waals surface area contributed by atoms with E-state index in [0.717, 1.165) is 29.7 Å². The molecule has 1 aliphatic carbocycles. The molecule has 1 aromatic carbocycles. The van der Waals surface area contributed by atoms with Gasteiger partial charge < -0.3 is 5.32 Å². The second kappa shape index (κ2) is 4.12. The van der Waals surface area contributed by atoms with Crippen molar-refractivity contribution in [2.75, 3.05) is 5.32 Å². The van der Waals surface area contributed by atoms with Crippen LogP contribution in [-0.4, -0.2) is 11.0 Å². The van der Waals surface area contributed by atoms with Crippen molar-refractivity contribution >= 4 is 26.7 Å². The van der Waals surface area contributed by atoms with Crippen LogP contribution < -0.4 is 5.32 Å². The fourth-order valence-corrected chi connectivity index (χ4v) is 2.82. The maximum atomic E-state index is 12.6. The molecule has 1 aliphatic rings. The number of rotatable bonds is 2. The molecule has 18 heavy (non-hydrogen) atoms. The van der Waals surface area contributed by atoms with Gasteiger partial charge in [-0.1, -0.05) is 11.3 Å². The van der Waals surface area contributed by atoms with E-state index in [4.69, 9.17) is 0 Å². The summed E-state index contributed by atoms with van der Waals surface area (Å²) < 4.78 is 38.5. The third-order valence-corrected chi connectivity index (χ3v) is 4.12. The molecule has 0 saturated heterocycles. The van der Waals surface area contributed by atoms with Gasteiger partial charge in [-0.2, -0.15) is 13.2 Å². The molecule has 96 valence electrons. The predicted octanol–water partition coefficient (Wildman–Crippen LogP) is 4.28. The normalized spacial score (nSPS) is 16.8. The Morgan fingerprint density at radius 1 is 1.28 bits per heavy atom. The minimum Gasteiger partial charge on any atom is -0.359 e. The predicted molar refractivity (Wildman–Crippen MR) is 65.9 cm³/mol. The van der Waals surface area contributed by atoms with Crippen LogP contribution in [0.3, 0.4) is 0 Å². The van der Waals surface area contributed by atoms with Gasteiger partial charge in [0.25, 0.3) is 0 Å². The SMILES string of the molecule is FC(F)(F)c1ccc2sc(NC3CCC3)nc2c1. The van der Waals surface area contributed by atoms with Crippen LogP contribution in [0.5, 0.6) is 0 Å². The van der Waals surface area contributed by atoms with Crippen LogP contribution in [0.4, 0.5) is 18.3 Å². The van der Waals surface area contributed by atoms with E-state index in [1.165, 1.54) is 23.8 Å². The highest BCUT2D eigenvalue weighted by atomic mass is 32.1. The van der Waals surface area contributed by atoms with Crippen molar-refractivity contribution in [2.24, 2.45) is 0 Å². The molecule has 2 nitrogen and oxygen atoms in total. The van der Waals surface area contributed by atoms with Gasteiger partial charge in [-0.3, -0.25) is 0 Å². The third kappa shape index (κ3) is 2.16. The molecule has 0 unspecified atom stereocenters. The highest BCUT2D eigenvalue weighted by Crippen LogP contribution is 2.34. The molecule has 3 rings (SSSR count). The summed E-state index contributed by atoms with van der Waals surface area (Å²) >= 11 is 1.40. The van der Waals surface area contributed by atoms with Crippen LogP contribution >= 0.6 is 11.3 Å². The molecule has 0 spiro atoms. The van der Waals surface area contributed by atoms with Gasteiger partial charge in [0.15, 0.2) is 5.13 Å². The average molecular weight is 272 g/mol. The number of alkyl halides is 3. The van der Waals surface area contributed by atoms with Crippen molar-refractivity contribution in [3.63, 3.8) is 0 Å². The second-order valence-corrected chi connectivity index (χ2v) is 5.50. The minimum absolute atomic E-state index is 0.414. The number of aromatic nitrogens is 1. The van der Waals surface area contributed by atoms with Gasteiger partial charge in [0, 0.05) is 6.04 Å². The molecular weight excluding hydrogens is 261 g/mol. The fourth-order valence-electron chi connectivity index (χ4n) is 1.89. The standard InChI is InChI=1S/C12H11F3N2S/c13-12(14,15)7-4-5-10-9(6-7)17-11(18-10)16-8-2-1-3-8/h4-6,8H,1-3H2,(H,16,17). The number of thiazole rings is 1. The van der Waals surface area contributed by atoms with Crippen LogP contribution in [0.1, 0.15) is 24.8 Å². The molecule has 1 fully saturated rings. The largest absolute Gasteiger partial charge is 0.416 e. The summed E-state index contributed by atoms with van der Waals surface area (Å²) in [6.45, 7) is 0. The number of fused-ring (bicyclic) bond motifs is 1. The van der Waals surface area contributed by atoms with Crippen molar-refractivity contribution < 1.29 is 13.2 Å². The number of nitrogens with zero attached hydrogens (tertiary/aromatic N) is 1. The molecule has 0 radical (unpaired) electrons. The van der Waals surface area contributed by atoms with E-state index >= 15 is 0 Å². The number of anilines is 1. The zero-order valence-electron chi connectivity index (χ0n) is 9.42. The van der Waals surface area contributed by atoms with Gasteiger partial charge in [0.2, 0.25) is 0 Å². The monoisotopic (exact) mass is 272 g/mol. The topological polar surface area (TPSA) is 24.9 Å². The lowest BCUT2D eigenvalue weighted by atomic mass is 9.93. The maximum Gasteiger partial charge on any atom is 0.416 e. The van der Waals surface area contributed by atoms with Crippen molar-refractivity contribution in [1.29, 1.82) is 0 Å². The van der Waals surface area contributed by atoms with Crippen LogP contribution in [0.25, 0.3) is 10.2 Å². The van der Waals surface area contributed by atoms with E-state index in [1.807, 2.05) is 0 Å². The van der Waals surface area contributed by atoms with Gasteiger partial charge >= 0.3 is 6.18 Å². The first-order valence-corrected chi connectivity index (χ1v) is 6.58. The number of benzene rings is 1. The van der Waals surface area contributed by atoms with Crippen molar-refractivity contribution in [2.45, 2.75) is 31.5 Å². The third-order valence-electron chi connectivity index (χ3n) is 3.15. The zero-order valence-corrected chi connectivity index (χ0v) is 10.2. The summed E-state index contributed by atoms with van der Waals surface area (Å²) in [5.41, 5.74) is -0.229. The lowest BCUT2D eigenvalue weighted by Crippen LogP contribution is -2.26. The average Bonchev–Trinajstić information content (AvgIpc) is 2.63. The van der Waals surface area contributed by atoms with Crippen molar-refractivity contribution in [1.82, 2.24) is 4.98 Å². The van der Waals surface area contributed by atoms with Crippen LogP contribution in [0.15, 0.2) is 18.2 Å². The molecule has 0 aliphatic heterocycles. The summed E-state index contributed by atoms with van der Waals surface area (Å²) in [7, 11) is 0. The van der Waals surface area contributed by atoms with E-state index in [0.29, 0.717) is 16.7 Å². The van der Waals surface area contributed by atoms with Gasteiger partial charge in [-0.05, 0) is 37.5 Å². The number of halogens is 3. The number of nitrogens with one attached hydrogen (secondary N) is 1. The molecule has 1 saturated carbocycles. The Hall–Kier alpha value is -1.30. The quantitative estimate of drug-likeness (QED) is 0.882. The first-order chi connectivity index (χ1) is 8.52. The molecule has 0 amide bonds. The summed E-state index contributed by atoms with van der Waals surface area (Å²) in [4.78, 5) is 4.22. The van der Waals surface area contributed by atoms with Gasteiger partial charge in [0.05, 0.1) is 15.8 Å². The highest BCUT2D eigenvalue weighted by Gasteiger charge is 2.30. The summed E-state index contributed by atoms with van der Waals surface area (Å²) in [5.74, 6) is 0.